The number of amides is 1. The Morgan fingerprint density at radius 1 is 1.40 bits per heavy atom. The molecule has 0 fully saturated rings. The minimum Gasteiger partial charge on any atom is -0.377 e. The lowest BCUT2D eigenvalue weighted by atomic mass is 10.0. The number of aryl methyl sites for hydroxylation is 2. The van der Waals surface area contributed by atoms with Gasteiger partial charge in [0.2, 0.25) is 5.91 Å². The van der Waals surface area contributed by atoms with Crippen molar-refractivity contribution >= 4 is 17.3 Å². The summed E-state index contributed by atoms with van der Waals surface area (Å²) >= 11 is 0. The number of halogens is 1. The maximum atomic E-state index is 14.0. The molecule has 2 heterocycles. The Morgan fingerprint density at radius 2 is 2.25 bits per heavy atom. The first kappa shape index (κ1) is 12.7. The van der Waals surface area contributed by atoms with Crippen molar-refractivity contribution in [2.45, 2.75) is 19.4 Å². The Kier molecular flexibility index (Phi) is 3.18. The first-order chi connectivity index (χ1) is 9.63. The summed E-state index contributed by atoms with van der Waals surface area (Å²) in [6, 6.07) is 7.10. The van der Waals surface area contributed by atoms with Crippen LogP contribution < -0.4 is 10.6 Å². The number of nitrogens with zero attached hydrogens (tertiary/aromatic N) is 1. The van der Waals surface area contributed by atoms with Gasteiger partial charge in [-0.2, -0.15) is 0 Å². The normalized spacial score (nSPS) is 13.8. The number of carbonyl (C=O) groups excluding carboxylic acids is 1. The Morgan fingerprint density at radius 3 is 3.00 bits per heavy atom. The van der Waals surface area contributed by atoms with Crippen molar-refractivity contribution in [3.05, 3.63) is 47.5 Å². The molecule has 0 spiro atoms. The lowest BCUT2D eigenvalue weighted by Gasteiger charge is -2.19. The molecule has 104 valence electrons. The first-order valence-electron chi connectivity index (χ1n) is 6.60. The van der Waals surface area contributed by atoms with Gasteiger partial charge in [0.05, 0.1) is 12.2 Å². The van der Waals surface area contributed by atoms with Crippen molar-refractivity contribution < 1.29 is 9.18 Å². The minimum absolute atomic E-state index is 0.0162. The van der Waals surface area contributed by atoms with Gasteiger partial charge in [0.1, 0.15) is 5.82 Å². The molecule has 0 radical (unpaired) electrons. The van der Waals surface area contributed by atoms with Gasteiger partial charge >= 0.3 is 0 Å². The summed E-state index contributed by atoms with van der Waals surface area (Å²) in [6.45, 7) is 0.535. The summed E-state index contributed by atoms with van der Waals surface area (Å²) in [5.74, 6) is -0.299. The van der Waals surface area contributed by atoms with Crippen molar-refractivity contribution in [1.82, 2.24) is 4.57 Å². The van der Waals surface area contributed by atoms with Crippen molar-refractivity contribution in [2.75, 3.05) is 10.6 Å². The van der Waals surface area contributed by atoms with Crippen molar-refractivity contribution in [1.29, 1.82) is 0 Å². The Balaban J connectivity index is 1.81. The van der Waals surface area contributed by atoms with E-state index in [1.165, 1.54) is 6.07 Å². The zero-order chi connectivity index (χ0) is 14.1. The summed E-state index contributed by atoms with van der Waals surface area (Å²) in [4.78, 5) is 11.4. The zero-order valence-electron chi connectivity index (χ0n) is 11.2. The monoisotopic (exact) mass is 273 g/mol. The van der Waals surface area contributed by atoms with E-state index in [1.807, 2.05) is 29.9 Å². The predicted octanol–water partition coefficient (Wildman–Crippen LogP) is 2.66. The second-order valence-corrected chi connectivity index (χ2v) is 5.00. The topological polar surface area (TPSA) is 46.1 Å². The third-order valence-electron chi connectivity index (χ3n) is 3.60. The maximum Gasteiger partial charge on any atom is 0.224 e. The molecule has 1 aliphatic heterocycles. The van der Waals surface area contributed by atoms with Crippen molar-refractivity contribution in [3.63, 3.8) is 0 Å². The highest BCUT2D eigenvalue weighted by atomic mass is 19.1. The number of rotatable bonds is 3. The number of aromatic nitrogens is 1. The first-order valence-corrected chi connectivity index (χ1v) is 6.60. The molecule has 3 rings (SSSR count). The van der Waals surface area contributed by atoms with Gasteiger partial charge in [0, 0.05) is 31.0 Å². The molecule has 1 aromatic carbocycles. The summed E-state index contributed by atoms with van der Waals surface area (Å²) in [6.07, 6.45) is 2.96. The second kappa shape index (κ2) is 5.00. The molecule has 0 aliphatic carbocycles. The fraction of sp³-hybridized carbons (Fsp3) is 0.267. The van der Waals surface area contributed by atoms with Crippen LogP contribution in [0.5, 0.6) is 0 Å². The van der Waals surface area contributed by atoms with E-state index in [0.717, 1.165) is 11.3 Å². The van der Waals surface area contributed by atoms with Gasteiger partial charge in [0.25, 0.3) is 0 Å². The van der Waals surface area contributed by atoms with E-state index >= 15 is 0 Å². The third kappa shape index (κ3) is 2.39. The Hall–Kier alpha value is -2.30. The zero-order valence-corrected chi connectivity index (χ0v) is 11.2. The Bertz CT molecular complexity index is 663. The highest BCUT2D eigenvalue weighted by Crippen LogP contribution is 2.28. The Labute approximate surface area is 116 Å². The van der Waals surface area contributed by atoms with E-state index in [0.29, 0.717) is 30.8 Å². The molecule has 0 bridgehead atoms. The number of nitrogens with one attached hydrogen (secondary N) is 2. The van der Waals surface area contributed by atoms with Crippen LogP contribution >= 0.6 is 0 Å². The van der Waals surface area contributed by atoms with Crippen LogP contribution in [0.3, 0.4) is 0 Å². The number of fused-ring (bicyclic) bond motifs is 1. The van der Waals surface area contributed by atoms with Gasteiger partial charge in [-0.3, -0.25) is 4.79 Å². The molecule has 5 heteroatoms. The van der Waals surface area contributed by atoms with Crippen LogP contribution in [-0.4, -0.2) is 10.5 Å². The van der Waals surface area contributed by atoms with E-state index in [-0.39, 0.29) is 11.7 Å². The lowest BCUT2D eigenvalue weighted by Crippen LogP contribution is -2.19. The van der Waals surface area contributed by atoms with Crippen LogP contribution in [0.4, 0.5) is 15.8 Å². The molecule has 2 aromatic rings. The smallest absolute Gasteiger partial charge is 0.224 e. The molecule has 0 saturated heterocycles. The van der Waals surface area contributed by atoms with Gasteiger partial charge in [0.15, 0.2) is 0 Å². The summed E-state index contributed by atoms with van der Waals surface area (Å²) in [7, 11) is 1.94. The third-order valence-corrected chi connectivity index (χ3v) is 3.60. The predicted molar refractivity (Wildman–Crippen MR) is 76.1 cm³/mol. The quantitative estimate of drug-likeness (QED) is 0.903. The molecule has 4 nitrogen and oxygen atoms in total. The van der Waals surface area contributed by atoms with E-state index < -0.39 is 0 Å². The summed E-state index contributed by atoms with van der Waals surface area (Å²) in [5.41, 5.74) is 3.03. The molecular weight excluding hydrogens is 257 g/mol. The van der Waals surface area contributed by atoms with Crippen molar-refractivity contribution in [3.8, 4) is 0 Å². The average molecular weight is 273 g/mol. The molecule has 20 heavy (non-hydrogen) atoms. The maximum absolute atomic E-state index is 14.0. The highest BCUT2D eigenvalue weighted by Gasteiger charge is 2.17. The number of hydrogen-bond donors (Lipinski definition) is 2. The molecule has 0 saturated carbocycles. The highest BCUT2D eigenvalue weighted by molar-refractivity contribution is 5.94. The van der Waals surface area contributed by atoms with Crippen LogP contribution in [0, 0.1) is 5.82 Å². The van der Waals surface area contributed by atoms with Crippen LogP contribution in [0.1, 0.15) is 17.7 Å². The lowest BCUT2D eigenvalue weighted by molar-refractivity contribution is -0.116. The summed E-state index contributed by atoms with van der Waals surface area (Å²) < 4.78 is 16.0. The molecular formula is C15H16FN3O. The van der Waals surface area contributed by atoms with Crippen molar-refractivity contribution in [2.24, 2.45) is 7.05 Å². The van der Waals surface area contributed by atoms with E-state index in [4.69, 9.17) is 0 Å². The van der Waals surface area contributed by atoms with Gasteiger partial charge in [-0.1, -0.05) is 0 Å². The number of benzene rings is 1. The summed E-state index contributed by atoms with van der Waals surface area (Å²) in [5, 5.41) is 5.86. The van der Waals surface area contributed by atoms with Gasteiger partial charge in [-0.05, 0) is 36.2 Å². The molecule has 1 aliphatic rings. The minimum atomic E-state index is -0.283. The fourth-order valence-electron chi connectivity index (χ4n) is 2.40. The molecule has 0 atom stereocenters. The van der Waals surface area contributed by atoms with E-state index in [2.05, 4.69) is 10.6 Å². The van der Waals surface area contributed by atoms with Gasteiger partial charge in [-0.25, -0.2) is 4.39 Å². The van der Waals surface area contributed by atoms with Gasteiger partial charge in [-0.15, -0.1) is 0 Å². The van der Waals surface area contributed by atoms with E-state index in [9.17, 15) is 9.18 Å². The largest absolute Gasteiger partial charge is 0.377 e. The number of carbonyl (C=O) groups is 1. The van der Waals surface area contributed by atoms with Crippen LogP contribution in [0.2, 0.25) is 0 Å². The van der Waals surface area contributed by atoms with Crippen LogP contribution in [0.15, 0.2) is 30.5 Å². The number of anilines is 2. The molecule has 2 N–H and O–H groups in total. The fourth-order valence-corrected chi connectivity index (χ4v) is 2.40. The van der Waals surface area contributed by atoms with E-state index in [1.54, 1.807) is 6.07 Å². The molecule has 1 aromatic heterocycles. The van der Waals surface area contributed by atoms with Gasteiger partial charge < -0.3 is 15.2 Å². The second-order valence-electron chi connectivity index (χ2n) is 5.00. The number of hydrogen-bond acceptors (Lipinski definition) is 2. The van der Waals surface area contributed by atoms with Crippen LogP contribution in [0.25, 0.3) is 0 Å². The van der Waals surface area contributed by atoms with Crippen LogP contribution in [-0.2, 0) is 24.8 Å². The molecule has 0 unspecified atom stereocenters. The SMILES string of the molecule is Cn1cccc1CNc1cc2c(cc1F)CCC(=O)N2. The standard InChI is InChI=1S/C15H16FN3O/c1-19-6-2-3-11(19)9-17-14-8-13-10(7-12(14)16)4-5-15(20)18-13/h2-3,6-8,17H,4-5,9H2,1H3,(H,18,20). The molecule has 1 amide bonds. The average Bonchev–Trinajstić information content (AvgIpc) is 2.82.